The Hall–Kier alpha value is -3.21. The van der Waals surface area contributed by atoms with Crippen molar-refractivity contribution in [2.24, 2.45) is 5.73 Å². The molecule has 0 bridgehead atoms. The van der Waals surface area contributed by atoms with Crippen molar-refractivity contribution >= 4 is 21.8 Å². The number of hydrogen-bond donors (Lipinski definition) is 2. The van der Waals surface area contributed by atoms with E-state index in [0.717, 1.165) is 5.56 Å². The third-order valence-electron chi connectivity index (χ3n) is 5.02. The quantitative estimate of drug-likeness (QED) is 0.263. The van der Waals surface area contributed by atoms with E-state index in [-0.39, 0.29) is 30.3 Å². The third kappa shape index (κ3) is 7.14. The highest BCUT2D eigenvalue weighted by molar-refractivity contribution is 7.89. The topological polar surface area (TPSA) is 134 Å². The largest absolute Gasteiger partial charge is 0.493 e. The van der Waals surface area contributed by atoms with Crippen molar-refractivity contribution in [3.63, 3.8) is 0 Å². The summed E-state index contributed by atoms with van der Waals surface area (Å²) < 4.78 is 45.0. The molecular formula is C24H30N2O7S. The van der Waals surface area contributed by atoms with E-state index in [9.17, 15) is 18.0 Å². The molecule has 0 aromatic heterocycles. The molecule has 0 radical (unpaired) electrons. The number of methoxy groups -OCH3 is 2. The molecule has 1 atom stereocenters. The number of Topliss-reactive ketones (excluding diaryl/α,β-unsaturated/α-hetero) is 1. The van der Waals surface area contributed by atoms with Crippen molar-refractivity contribution in [3.8, 4) is 11.5 Å². The first-order valence-electron chi connectivity index (χ1n) is 10.5. The van der Waals surface area contributed by atoms with Crippen molar-refractivity contribution in [3.05, 3.63) is 65.2 Å². The van der Waals surface area contributed by atoms with E-state index in [2.05, 4.69) is 4.72 Å². The summed E-state index contributed by atoms with van der Waals surface area (Å²) in [7, 11) is -1.01. The van der Waals surface area contributed by atoms with Crippen molar-refractivity contribution in [2.45, 2.75) is 37.8 Å². The number of hydrogen-bond acceptors (Lipinski definition) is 8. The zero-order chi connectivity index (χ0) is 25.3. The molecule has 0 saturated heterocycles. The number of rotatable bonds is 12. The molecule has 0 aliphatic rings. The Bertz CT molecular complexity index is 1140. The predicted octanol–water partition coefficient (Wildman–Crippen LogP) is 2.65. The minimum Gasteiger partial charge on any atom is -0.493 e. The molecule has 0 aliphatic heterocycles. The molecular weight excluding hydrogens is 460 g/mol. The number of ether oxygens (including phenoxy) is 3. The fourth-order valence-corrected chi connectivity index (χ4v) is 4.40. The Labute approximate surface area is 199 Å². The van der Waals surface area contributed by atoms with E-state index in [4.69, 9.17) is 19.9 Å². The van der Waals surface area contributed by atoms with E-state index >= 15 is 0 Å². The van der Waals surface area contributed by atoms with Gasteiger partial charge in [0, 0.05) is 6.54 Å². The first-order chi connectivity index (χ1) is 16.1. The fraction of sp³-hybridized carbons (Fsp3) is 0.333. The SMILES string of the molecule is CC=C(COC(=O)CC(C)=O)C(NS(=O)(=O)c1ccc(CN)cc1)c1ccc(OC)c(OC)c1. The van der Waals surface area contributed by atoms with Crippen LogP contribution in [-0.2, 0) is 30.9 Å². The van der Waals surface area contributed by atoms with Crippen molar-refractivity contribution < 1.29 is 32.2 Å². The van der Waals surface area contributed by atoms with Crippen LogP contribution in [0.1, 0.15) is 37.4 Å². The molecule has 0 spiro atoms. The minimum absolute atomic E-state index is 0.0548. The van der Waals surface area contributed by atoms with Crippen LogP contribution in [0.15, 0.2) is 59.0 Å². The van der Waals surface area contributed by atoms with E-state index in [1.165, 1.54) is 33.3 Å². The minimum atomic E-state index is -3.98. The maximum absolute atomic E-state index is 13.2. The second kappa shape index (κ2) is 12.3. The number of carbonyl (C=O) groups is 2. The lowest BCUT2D eigenvalue weighted by atomic mass is 9.99. The van der Waals surface area contributed by atoms with Crippen LogP contribution in [0.3, 0.4) is 0 Å². The van der Waals surface area contributed by atoms with Crippen molar-refractivity contribution in [1.29, 1.82) is 0 Å². The van der Waals surface area contributed by atoms with Gasteiger partial charge < -0.3 is 19.9 Å². The molecule has 0 heterocycles. The molecule has 9 nitrogen and oxygen atoms in total. The molecule has 0 fully saturated rings. The molecule has 2 aromatic rings. The van der Waals surface area contributed by atoms with Crippen LogP contribution < -0.4 is 19.9 Å². The van der Waals surface area contributed by atoms with Crippen LogP contribution >= 0.6 is 0 Å². The number of allylic oxidation sites excluding steroid dienone is 1. The summed E-state index contributed by atoms with van der Waals surface area (Å²) in [5.41, 5.74) is 7.40. The average Bonchev–Trinajstić information content (AvgIpc) is 2.82. The molecule has 34 heavy (non-hydrogen) atoms. The summed E-state index contributed by atoms with van der Waals surface area (Å²) in [6.45, 7) is 3.06. The monoisotopic (exact) mass is 490 g/mol. The van der Waals surface area contributed by atoms with Crippen molar-refractivity contribution in [1.82, 2.24) is 4.72 Å². The first-order valence-corrected chi connectivity index (χ1v) is 12.0. The number of esters is 1. The van der Waals surface area contributed by atoms with Gasteiger partial charge in [0.05, 0.1) is 25.2 Å². The number of nitrogens with two attached hydrogens (primary N) is 1. The predicted molar refractivity (Wildman–Crippen MR) is 127 cm³/mol. The van der Waals surface area contributed by atoms with Crippen LogP contribution in [0, 0.1) is 0 Å². The molecule has 184 valence electrons. The lowest BCUT2D eigenvalue weighted by Gasteiger charge is -2.23. The molecule has 10 heteroatoms. The zero-order valence-electron chi connectivity index (χ0n) is 19.7. The van der Waals surface area contributed by atoms with Crippen LogP contribution in [0.5, 0.6) is 11.5 Å². The maximum atomic E-state index is 13.2. The second-order valence-corrected chi connectivity index (χ2v) is 9.13. The smallest absolute Gasteiger partial charge is 0.313 e. The van der Waals surface area contributed by atoms with Gasteiger partial charge in [-0.2, -0.15) is 4.72 Å². The number of ketones is 1. The highest BCUT2D eigenvalue weighted by atomic mass is 32.2. The Morgan fingerprint density at radius 3 is 2.24 bits per heavy atom. The standard InChI is InChI=1S/C24H30N2O7S/c1-5-18(15-33-23(28)12-16(2)27)24(19-8-11-21(31-3)22(13-19)32-4)26-34(29,30)20-9-6-17(14-25)7-10-20/h5-11,13,24,26H,12,14-15,25H2,1-4H3. The van der Waals surface area contributed by atoms with Gasteiger partial charge in [0.2, 0.25) is 10.0 Å². The number of carbonyl (C=O) groups excluding carboxylic acids is 2. The van der Waals surface area contributed by atoms with Gasteiger partial charge in [-0.25, -0.2) is 8.42 Å². The molecule has 0 saturated carbocycles. The lowest BCUT2D eigenvalue weighted by molar-refractivity contribution is -0.144. The van der Waals surface area contributed by atoms with Gasteiger partial charge in [-0.05, 0) is 54.8 Å². The summed E-state index contributed by atoms with van der Waals surface area (Å²) in [6, 6.07) is 10.3. The van der Waals surface area contributed by atoms with Crippen LogP contribution in [0.2, 0.25) is 0 Å². The average molecular weight is 491 g/mol. The van der Waals surface area contributed by atoms with Gasteiger partial charge in [0.15, 0.2) is 11.5 Å². The molecule has 2 rings (SSSR count). The van der Waals surface area contributed by atoms with E-state index < -0.39 is 22.0 Å². The van der Waals surface area contributed by atoms with Gasteiger partial charge in [-0.1, -0.05) is 24.3 Å². The fourth-order valence-electron chi connectivity index (χ4n) is 3.17. The highest BCUT2D eigenvalue weighted by Crippen LogP contribution is 2.33. The third-order valence-corrected chi connectivity index (χ3v) is 6.46. The van der Waals surface area contributed by atoms with E-state index in [1.54, 1.807) is 43.3 Å². The Balaban J connectivity index is 2.45. The summed E-state index contributed by atoms with van der Waals surface area (Å²) in [6.07, 6.45) is 1.29. The zero-order valence-corrected chi connectivity index (χ0v) is 20.5. The number of nitrogens with one attached hydrogen (secondary N) is 1. The summed E-state index contributed by atoms with van der Waals surface area (Å²) in [5, 5.41) is 0. The van der Waals surface area contributed by atoms with E-state index in [1.807, 2.05) is 0 Å². The Morgan fingerprint density at radius 2 is 1.71 bits per heavy atom. The Kier molecular flexibility index (Phi) is 9.79. The first kappa shape index (κ1) is 27.0. The highest BCUT2D eigenvalue weighted by Gasteiger charge is 2.26. The lowest BCUT2D eigenvalue weighted by Crippen LogP contribution is -2.31. The molecule has 2 aromatic carbocycles. The van der Waals surface area contributed by atoms with Gasteiger partial charge in [0.1, 0.15) is 18.8 Å². The van der Waals surface area contributed by atoms with E-state index in [0.29, 0.717) is 22.6 Å². The van der Waals surface area contributed by atoms with Gasteiger partial charge in [0.25, 0.3) is 0 Å². The summed E-state index contributed by atoms with van der Waals surface area (Å²) >= 11 is 0. The Morgan fingerprint density at radius 1 is 1.06 bits per heavy atom. The summed E-state index contributed by atoms with van der Waals surface area (Å²) in [5.74, 6) is -0.149. The van der Waals surface area contributed by atoms with Crippen LogP contribution in [-0.4, -0.2) is 41.0 Å². The normalized spacial score (nSPS) is 12.7. The van der Waals surface area contributed by atoms with Crippen LogP contribution in [0.4, 0.5) is 0 Å². The van der Waals surface area contributed by atoms with Gasteiger partial charge >= 0.3 is 5.97 Å². The number of benzene rings is 2. The van der Waals surface area contributed by atoms with Crippen LogP contribution in [0.25, 0.3) is 0 Å². The molecule has 3 N–H and O–H groups in total. The maximum Gasteiger partial charge on any atom is 0.313 e. The number of sulfonamides is 1. The van der Waals surface area contributed by atoms with Crippen molar-refractivity contribution in [2.75, 3.05) is 20.8 Å². The molecule has 0 amide bonds. The molecule has 0 aliphatic carbocycles. The van der Waals surface area contributed by atoms with Gasteiger partial charge in [-0.15, -0.1) is 0 Å². The molecule has 1 unspecified atom stereocenters. The summed E-state index contributed by atoms with van der Waals surface area (Å²) in [4.78, 5) is 23.2. The van der Waals surface area contributed by atoms with Gasteiger partial charge in [-0.3, -0.25) is 9.59 Å². The second-order valence-electron chi connectivity index (χ2n) is 7.42.